The summed E-state index contributed by atoms with van der Waals surface area (Å²) >= 11 is 6.92. The van der Waals surface area contributed by atoms with Crippen molar-refractivity contribution in [3.8, 4) is 11.8 Å². The number of allylic oxidation sites excluding steroid dienone is 1. The van der Waals surface area contributed by atoms with E-state index < -0.39 is 17.3 Å². The van der Waals surface area contributed by atoms with Gasteiger partial charge in [-0.1, -0.05) is 30.4 Å². The van der Waals surface area contributed by atoms with Crippen LogP contribution in [0.1, 0.15) is 86.5 Å². The number of esters is 1. The lowest BCUT2D eigenvalue weighted by Gasteiger charge is -2.56. The molecule has 5 heteroatoms. The van der Waals surface area contributed by atoms with Crippen LogP contribution >= 0.6 is 11.6 Å². The van der Waals surface area contributed by atoms with Crippen molar-refractivity contribution in [2.45, 2.75) is 104 Å². The smallest absolute Gasteiger partial charge is 0.304 e. The van der Waals surface area contributed by atoms with Crippen LogP contribution in [0.15, 0.2) is 11.1 Å². The van der Waals surface area contributed by atoms with Gasteiger partial charge in [0, 0.05) is 17.4 Å². The van der Waals surface area contributed by atoms with Gasteiger partial charge in [0.05, 0.1) is 5.60 Å². The Morgan fingerprint density at radius 1 is 1.10 bits per heavy atom. The highest BCUT2D eigenvalue weighted by atomic mass is 35.5. The Hall–Kier alpha value is -1.02. The molecule has 0 aromatic heterocycles. The molecule has 0 aromatic rings. The first-order valence-electron chi connectivity index (χ1n) is 11.4. The van der Waals surface area contributed by atoms with Crippen LogP contribution in [0.5, 0.6) is 0 Å². The predicted molar refractivity (Wildman–Crippen MR) is 118 cm³/mol. The van der Waals surface area contributed by atoms with Crippen molar-refractivity contribution in [2.75, 3.05) is 0 Å². The number of halogens is 1. The minimum absolute atomic E-state index is 0.0522. The summed E-state index contributed by atoms with van der Waals surface area (Å²) < 4.78 is 5.48. The van der Waals surface area contributed by atoms with Gasteiger partial charge in [-0.15, -0.1) is 0 Å². The Balaban J connectivity index is 1.75. The van der Waals surface area contributed by atoms with Gasteiger partial charge in [0.25, 0.3) is 0 Å². The quantitative estimate of drug-likeness (QED) is 0.207. The zero-order valence-corrected chi connectivity index (χ0v) is 20.1. The van der Waals surface area contributed by atoms with Crippen molar-refractivity contribution < 1.29 is 19.3 Å². The second-order valence-electron chi connectivity index (χ2n) is 10.8. The second-order valence-corrected chi connectivity index (χ2v) is 11.2. The van der Waals surface area contributed by atoms with Crippen LogP contribution < -0.4 is 0 Å². The molecule has 0 heterocycles. The van der Waals surface area contributed by atoms with Crippen LogP contribution in [0.25, 0.3) is 0 Å². The predicted octanol–water partition coefficient (Wildman–Crippen LogP) is 6.18. The van der Waals surface area contributed by atoms with E-state index in [1.54, 1.807) is 0 Å². The van der Waals surface area contributed by atoms with Crippen molar-refractivity contribution in [1.29, 1.82) is 0 Å². The Bertz CT molecular complexity index is 705. The maximum Gasteiger partial charge on any atom is 0.304 e. The molecule has 4 saturated carbocycles. The Kier molecular flexibility index (Phi) is 6.97. The van der Waals surface area contributed by atoms with E-state index in [4.69, 9.17) is 26.1 Å². The average Bonchev–Trinajstić information content (AvgIpc) is 2.63. The van der Waals surface area contributed by atoms with Gasteiger partial charge >= 0.3 is 5.97 Å². The minimum Gasteiger partial charge on any atom is -0.445 e. The molecule has 4 nitrogen and oxygen atoms in total. The standard InChI is InChI=1S/C25H37ClO4/c1-7-23(3,4)29-30-24(5,6)9-8-21(28-17(2)27)13-22(26)25-14-18-10-19(15-25)12-20(11-18)16-25/h13,18-21H,7,10-12,14-16H2,1-6H3/b22-13-. The average molecular weight is 437 g/mol. The van der Waals surface area contributed by atoms with Crippen LogP contribution in [-0.4, -0.2) is 23.3 Å². The Morgan fingerprint density at radius 2 is 1.63 bits per heavy atom. The van der Waals surface area contributed by atoms with E-state index in [0.717, 1.165) is 48.5 Å². The number of hydrogen-bond acceptors (Lipinski definition) is 4. The van der Waals surface area contributed by atoms with Crippen molar-refractivity contribution >= 4 is 17.6 Å². The maximum atomic E-state index is 11.7. The SMILES string of the molecule is CCC(C)(C)OOC(C)(C)C#CC(/C=C(\Cl)C12CC3CC(CC(C3)C1)C2)OC(C)=O. The molecule has 30 heavy (non-hydrogen) atoms. The van der Waals surface area contributed by atoms with Crippen LogP contribution in [0, 0.1) is 35.0 Å². The molecule has 4 aliphatic carbocycles. The molecule has 0 aromatic carbocycles. The molecule has 0 radical (unpaired) electrons. The Morgan fingerprint density at radius 3 is 2.10 bits per heavy atom. The summed E-state index contributed by atoms with van der Waals surface area (Å²) in [5.41, 5.74) is -1.18. The van der Waals surface area contributed by atoms with Gasteiger partial charge in [-0.25, -0.2) is 9.78 Å². The monoisotopic (exact) mass is 436 g/mol. The fourth-order valence-electron chi connectivity index (χ4n) is 5.54. The number of ether oxygens (including phenoxy) is 1. The van der Waals surface area contributed by atoms with Crippen molar-refractivity contribution in [3.05, 3.63) is 11.1 Å². The molecule has 0 N–H and O–H groups in total. The summed E-state index contributed by atoms with van der Waals surface area (Å²) in [5.74, 6) is 8.12. The van der Waals surface area contributed by atoms with Crippen LogP contribution in [-0.2, 0) is 19.3 Å². The summed E-state index contributed by atoms with van der Waals surface area (Å²) in [7, 11) is 0. The van der Waals surface area contributed by atoms with Crippen molar-refractivity contribution in [3.63, 3.8) is 0 Å². The summed E-state index contributed by atoms with van der Waals surface area (Å²) in [6.07, 6.45) is 9.52. The van der Waals surface area contributed by atoms with Gasteiger partial charge in [-0.05, 0) is 96.5 Å². The van der Waals surface area contributed by atoms with E-state index in [2.05, 4.69) is 11.8 Å². The highest BCUT2D eigenvalue weighted by Gasteiger charge is 2.52. The third-order valence-electron chi connectivity index (χ3n) is 6.98. The first-order valence-corrected chi connectivity index (χ1v) is 11.7. The molecule has 4 rings (SSSR count). The maximum absolute atomic E-state index is 11.7. The van der Waals surface area contributed by atoms with Crippen LogP contribution in [0.3, 0.4) is 0 Å². The molecular weight excluding hydrogens is 400 g/mol. The largest absolute Gasteiger partial charge is 0.445 e. The van der Waals surface area contributed by atoms with Crippen molar-refractivity contribution in [2.24, 2.45) is 23.2 Å². The topological polar surface area (TPSA) is 44.8 Å². The molecule has 0 saturated heterocycles. The molecular formula is C25H37ClO4. The zero-order valence-electron chi connectivity index (χ0n) is 19.3. The highest BCUT2D eigenvalue weighted by molar-refractivity contribution is 6.30. The lowest BCUT2D eigenvalue weighted by molar-refractivity contribution is -0.388. The lowest BCUT2D eigenvalue weighted by Crippen LogP contribution is -2.46. The van der Waals surface area contributed by atoms with Gasteiger partial charge in [-0.2, -0.15) is 0 Å². The van der Waals surface area contributed by atoms with E-state index >= 15 is 0 Å². The summed E-state index contributed by atoms with van der Waals surface area (Å²) in [6.45, 7) is 11.0. The number of carbonyl (C=O) groups excluding carboxylic acids is 1. The van der Waals surface area contributed by atoms with Gasteiger partial charge in [0.1, 0.15) is 0 Å². The molecule has 1 unspecified atom stereocenters. The third kappa shape index (κ3) is 5.81. The normalized spacial score (nSPS) is 31.8. The third-order valence-corrected chi connectivity index (χ3v) is 7.50. The molecule has 4 fully saturated rings. The zero-order chi connectivity index (χ0) is 22.2. The minimum atomic E-state index is -0.841. The van der Waals surface area contributed by atoms with Gasteiger partial charge in [0.2, 0.25) is 0 Å². The van der Waals surface area contributed by atoms with E-state index in [9.17, 15) is 4.79 Å². The van der Waals surface area contributed by atoms with Gasteiger partial charge < -0.3 is 4.74 Å². The van der Waals surface area contributed by atoms with E-state index in [1.807, 2.05) is 40.7 Å². The summed E-state index contributed by atoms with van der Waals surface area (Å²) in [4.78, 5) is 22.8. The van der Waals surface area contributed by atoms with E-state index in [1.165, 1.54) is 26.2 Å². The number of rotatable bonds is 7. The van der Waals surface area contributed by atoms with Crippen LogP contribution in [0.4, 0.5) is 0 Å². The Labute approximate surface area is 187 Å². The highest BCUT2D eigenvalue weighted by Crippen LogP contribution is 2.63. The first kappa shape index (κ1) is 23.6. The van der Waals surface area contributed by atoms with Gasteiger partial charge in [-0.3, -0.25) is 4.79 Å². The van der Waals surface area contributed by atoms with Crippen molar-refractivity contribution in [1.82, 2.24) is 0 Å². The molecule has 4 aliphatic rings. The van der Waals surface area contributed by atoms with Gasteiger partial charge in [0.15, 0.2) is 11.7 Å². The molecule has 0 aliphatic heterocycles. The molecule has 0 amide bonds. The number of hydrogen-bond donors (Lipinski definition) is 0. The van der Waals surface area contributed by atoms with Crippen LogP contribution in [0.2, 0.25) is 0 Å². The second kappa shape index (κ2) is 8.85. The number of carbonyl (C=O) groups is 1. The summed E-state index contributed by atoms with van der Waals surface area (Å²) in [5, 5.41) is 0.823. The fourth-order valence-corrected chi connectivity index (χ4v) is 5.88. The van der Waals surface area contributed by atoms with E-state index in [-0.39, 0.29) is 11.4 Å². The first-order chi connectivity index (χ1) is 13.9. The molecule has 4 bridgehead atoms. The summed E-state index contributed by atoms with van der Waals surface area (Å²) in [6, 6.07) is 0. The molecule has 168 valence electrons. The molecule has 0 spiro atoms. The molecule has 1 atom stereocenters. The lowest BCUT2D eigenvalue weighted by atomic mass is 9.49. The van der Waals surface area contributed by atoms with E-state index in [0.29, 0.717) is 0 Å². The fraction of sp³-hybridized carbons (Fsp3) is 0.800.